The van der Waals surface area contributed by atoms with Gasteiger partial charge in [0.2, 0.25) is 0 Å². The zero-order valence-corrected chi connectivity index (χ0v) is 11.2. The molecular weight excluding hydrogens is 244 g/mol. The van der Waals surface area contributed by atoms with Gasteiger partial charge in [0, 0.05) is 31.1 Å². The molecule has 19 heavy (non-hydrogen) atoms. The Morgan fingerprint density at radius 2 is 2.05 bits per heavy atom. The molecule has 1 rings (SSSR count). The quantitative estimate of drug-likeness (QED) is 0.464. The number of hydrogen-bond acceptors (Lipinski definition) is 3. The summed E-state index contributed by atoms with van der Waals surface area (Å²) >= 11 is 0. The number of hydrogen-bond donors (Lipinski definition) is 1. The van der Waals surface area contributed by atoms with E-state index in [9.17, 15) is 4.79 Å². The first-order valence-corrected chi connectivity index (χ1v) is 6.08. The van der Waals surface area contributed by atoms with Crippen LogP contribution in [0, 0.1) is 0 Å². The summed E-state index contributed by atoms with van der Waals surface area (Å²) < 4.78 is 0. The van der Waals surface area contributed by atoms with Crippen LogP contribution in [0.3, 0.4) is 0 Å². The lowest BCUT2D eigenvalue weighted by atomic mass is 10.0. The predicted molar refractivity (Wildman–Crippen MR) is 74.1 cm³/mol. The molecule has 102 valence electrons. The van der Waals surface area contributed by atoms with Gasteiger partial charge in [-0.1, -0.05) is 17.2 Å². The maximum atomic E-state index is 10.5. The van der Waals surface area contributed by atoms with Crippen molar-refractivity contribution in [3.05, 3.63) is 40.3 Å². The van der Waals surface area contributed by atoms with Crippen LogP contribution in [0.5, 0.6) is 0 Å². The van der Waals surface area contributed by atoms with Crippen molar-refractivity contribution < 1.29 is 9.90 Å². The number of benzene rings is 1. The minimum Gasteiger partial charge on any atom is -0.481 e. The summed E-state index contributed by atoms with van der Waals surface area (Å²) in [7, 11) is 3.90. The molecule has 0 amide bonds. The lowest BCUT2D eigenvalue weighted by molar-refractivity contribution is -0.137. The summed E-state index contributed by atoms with van der Waals surface area (Å²) in [5, 5.41) is 12.4. The molecule has 6 nitrogen and oxygen atoms in total. The molecular formula is C13H18N4O2. The molecule has 0 fully saturated rings. The molecule has 0 saturated heterocycles. The Hall–Kier alpha value is -2.20. The molecule has 0 saturated carbocycles. The first-order chi connectivity index (χ1) is 9.04. The number of carboxylic acids is 1. The Kier molecular flexibility index (Phi) is 5.70. The Morgan fingerprint density at radius 3 is 2.53 bits per heavy atom. The van der Waals surface area contributed by atoms with Crippen LogP contribution in [0.4, 0.5) is 5.69 Å². The van der Waals surface area contributed by atoms with E-state index in [-0.39, 0.29) is 12.5 Å². The number of aliphatic carboxylic acids is 1. The molecule has 0 aliphatic heterocycles. The van der Waals surface area contributed by atoms with Crippen LogP contribution in [0.25, 0.3) is 10.4 Å². The van der Waals surface area contributed by atoms with E-state index in [4.69, 9.17) is 10.6 Å². The molecule has 1 unspecified atom stereocenters. The van der Waals surface area contributed by atoms with Crippen molar-refractivity contribution in [2.45, 2.75) is 25.3 Å². The van der Waals surface area contributed by atoms with Gasteiger partial charge in [-0.3, -0.25) is 4.79 Å². The first kappa shape index (κ1) is 14.9. The van der Waals surface area contributed by atoms with E-state index in [0.29, 0.717) is 12.8 Å². The van der Waals surface area contributed by atoms with Gasteiger partial charge in [-0.2, -0.15) is 0 Å². The zero-order valence-electron chi connectivity index (χ0n) is 11.2. The Bertz CT molecular complexity index is 464. The third-order valence-corrected chi connectivity index (χ3v) is 2.85. The number of rotatable bonds is 7. The van der Waals surface area contributed by atoms with E-state index in [2.05, 4.69) is 10.0 Å². The minimum absolute atomic E-state index is 0.0905. The molecule has 0 heterocycles. The highest BCUT2D eigenvalue weighted by Crippen LogP contribution is 2.25. The van der Waals surface area contributed by atoms with Gasteiger partial charge >= 0.3 is 5.97 Å². The van der Waals surface area contributed by atoms with Crippen molar-refractivity contribution in [2.24, 2.45) is 5.11 Å². The second-order valence-corrected chi connectivity index (χ2v) is 4.49. The van der Waals surface area contributed by atoms with Gasteiger partial charge in [-0.15, -0.1) is 0 Å². The molecule has 0 bridgehead atoms. The van der Waals surface area contributed by atoms with Gasteiger partial charge < -0.3 is 10.0 Å². The topological polar surface area (TPSA) is 89.3 Å². The smallest absolute Gasteiger partial charge is 0.303 e. The van der Waals surface area contributed by atoms with Gasteiger partial charge in [-0.25, -0.2) is 0 Å². The molecule has 0 spiro atoms. The van der Waals surface area contributed by atoms with Crippen molar-refractivity contribution in [1.29, 1.82) is 0 Å². The minimum atomic E-state index is -0.831. The van der Waals surface area contributed by atoms with Crippen LogP contribution >= 0.6 is 0 Å². The Morgan fingerprint density at radius 1 is 1.42 bits per heavy atom. The van der Waals surface area contributed by atoms with Crippen molar-refractivity contribution in [3.63, 3.8) is 0 Å². The Balaban J connectivity index is 2.75. The molecule has 6 heteroatoms. The molecule has 1 aromatic carbocycles. The van der Waals surface area contributed by atoms with Gasteiger partial charge in [0.15, 0.2) is 0 Å². The van der Waals surface area contributed by atoms with Crippen LogP contribution in [-0.4, -0.2) is 25.2 Å². The molecule has 0 aliphatic carbocycles. The van der Waals surface area contributed by atoms with Gasteiger partial charge in [-0.05, 0) is 36.1 Å². The third kappa shape index (κ3) is 4.89. The second kappa shape index (κ2) is 7.28. The standard InChI is InChI=1S/C13H18N4O2/c1-17(2)11-8-6-10(7-9-11)12(15-16-14)4-3-5-13(18)19/h6-9,12H,3-5H2,1-2H3,(H,18,19). The zero-order chi connectivity index (χ0) is 14.3. The van der Waals surface area contributed by atoms with Gasteiger partial charge in [0.05, 0.1) is 6.04 Å². The van der Waals surface area contributed by atoms with E-state index in [1.54, 1.807) is 0 Å². The summed E-state index contributed by atoms with van der Waals surface area (Å²) in [6, 6.07) is 7.42. The normalized spacial score (nSPS) is 11.5. The van der Waals surface area contributed by atoms with Crippen molar-refractivity contribution in [1.82, 2.24) is 0 Å². The van der Waals surface area contributed by atoms with Crippen LogP contribution in [0.1, 0.15) is 30.9 Å². The van der Waals surface area contributed by atoms with Gasteiger partial charge in [0.1, 0.15) is 0 Å². The van der Waals surface area contributed by atoms with E-state index >= 15 is 0 Å². The number of anilines is 1. The first-order valence-electron chi connectivity index (χ1n) is 6.08. The maximum absolute atomic E-state index is 10.5. The lowest BCUT2D eigenvalue weighted by Gasteiger charge is -2.15. The van der Waals surface area contributed by atoms with Crippen LogP contribution in [0.2, 0.25) is 0 Å². The molecule has 1 aromatic rings. The van der Waals surface area contributed by atoms with Crippen molar-refractivity contribution >= 4 is 11.7 Å². The van der Waals surface area contributed by atoms with Crippen LogP contribution in [0.15, 0.2) is 29.4 Å². The highest BCUT2D eigenvalue weighted by Gasteiger charge is 2.10. The third-order valence-electron chi connectivity index (χ3n) is 2.85. The van der Waals surface area contributed by atoms with E-state index < -0.39 is 5.97 Å². The predicted octanol–water partition coefficient (Wildman–Crippen LogP) is 3.36. The van der Waals surface area contributed by atoms with Crippen LogP contribution < -0.4 is 4.90 Å². The summed E-state index contributed by atoms with van der Waals surface area (Å²) in [6.07, 6.45) is 1.12. The van der Waals surface area contributed by atoms with E-state index in [0.717, 1.165) is 11.3 Å². The summed E-state index contributed by atoms with van der Waals surface area (Å²) in [5.74, 6) is -0.831. The fraction of sp³-hybridized carbons (Fsp3) is 0.462. The molecule has 0 aliphatic rings. The highest BCUT2D eigenvalue weighted by molar-refractivity contribution is 5.66. The fourth-order valence-electron chi connectivity index (χ4n) is 1.79. The van der Waals surface area contributed by atoms with E-state index in [1.807, 2.05) is 43.3 Å². The monoisotopic (exact) mass is 262 g/mol. The average molecular weight is 262 g/mol. The fourth-order valence-corrected chi connectivity index (χ4v) is 1.79. The molecule has 1 atom stereocenters. The number of carbonyl (C=O) groups is 1. The SMILES string of the molecule is CN(C)c1ccc(C(CCCC(=O)O)N=[N+]=[N-])cc1. The summed E-state index contributed by atoms with van der Waals surface area (Å²) in [5.41, 5.74) is 10.6. The van der Waals surface area contributed by atoms with Gasteiger partial charge in [0.25, 0.3) is 0 Å². The summed E-state index contributed by atoms with van der Waals surface area (Å²) in [4.78, 5) is 15.3. The Labute approximate surface area is 112 Å². The second-order valence-electron chi connectivity index (χ2n) is 4.49. The van der Waals surface area contributed by atoms with Crippen molar-refractivity contribution in [2.75, 3.05) is 19.0 Å². The van der Waals surface area contributed by atoms with Crippen LogP contribution in [-0.2, 0) is 4.79 Å². The largest absolute Gasteiger partial charge is 0.481 e. The van der Waals surface area contributed by atoms with E-state index in [1.165, 1.54) is 0 Å². The average Bonchev–Trinajstić information content (AvgIpc) is 2.37. The molecule has 0 aromatic heterocycles. The number of azide groups is 1. The lowest BCUT2D eigenvalue weighted by Crippen LogP contribution is -2.08. The highest BCUT2D eigenvalue weighted by atomic mass is 16.4. The maximum Gasteiger partial charge on any atom is 0.303 e. The molecule has 1 N–H and O–H groups in total. The molecule has 0 radical (unpaired) electrons. The van der Waals surface area contributed by atoms with Crippen molar-refractivity contribution in [3.8, 4) is 0 Å². The number of carboxylic acid groups (broad SMARTS) is 1. The summed E-state index contributed by atoms with van der Waals surface area (Å²) in [6.45, 7) is 0. The number of nitrogens with zero attached hydrogens (tertiary/aromatic N) is 4.